The molecule has 246 valence electrons. The highest BCUT2D eigenvalue weighted by Gasteiger charge is 2.73. The first-order chi connectivity index (χ1) is 21.2. The Kier molecular flexibility index (Phi) is 7.99. The van der Waals surface area contributed by atoms with Crippen LogP contribution in [0.1, 0.15) is 55.8 Å². The fourth-order valence-corrected chi connectivity index (χ4v) is 8.99. The molecule has 2 atom stereocenters. The number of likely N-dealkylation sites (tertiary alicyclic amines) is 1. The van der Waals surface area contributed by atoms with Crippen molar-refractivity contribution in [3.05, 3.63) is 99.9 Å². The minimum absolute atomic E-state index is 0.0376. The molecule has 3 aromatic rings. The van der Waals surface area contributed by atoms with Gasteiger partial charge in [0, 0.05) is 24.7 Å². The first-order valence-electron chi connectivity index (χ1n) is 13.5. The Balaban J connectivity index is 1.67. The second-order valence-corrected chi connectivity index (χ2v) is 13.4. The van der Waals surface area contributed by atoms with Gasteiger partial charge in [-0.05, 0) is 78.4 Å². The number of benzene rings is 3. The SMILES string of the molecule is O=C(O)c1cc(CN2CC[C@@]3(S(=O)(=O)c4ccc(F)cc4)c4ccc(C(F)(C(F)(F)F)C(F)(F)F)cc4CC[C@@H]23)cc(C(=O)O)c1. The number of carbonyl (C=O) groups is 2. The highest BCUT2D eigenvalue weighted by molar-refractivity contribution is 7.92. The lowest BCUT2D eigenvalue weighted by Gasteiger charge is -2.43. The fraction of sp³-hybridized carbons (Fsp3) is 0.333. The summed E-state index contributed by atoms with van der Waals surface area (Å²) in [5.74, 6) is -3.63. The number of alkyl halides is 7. The van der Waals surface area contributed by atoms with Crippen LogP contribution in [0.25, 0.3) is 0 Å². The Morgan fingerprint density at radius 2 is 1.41 bits per heavy atom. The maximum Gasteiger partial charge on any atom is 0.435 e. The monoisotopic (exact) mass is 677 g/mol. The maximum atomic E-state index is 15.0. The molecule has 16 heteroatoms. The molecule has 1 fully saturated rings. The predicted octanol–water partition coefficient (Wildman–Crippen LogP) is 6.40. The zero-order valence-electron chi connectivity index (χ0n) is 23.3. The zero-order valence-corrected chi connectivity index (χ0v) is 24.1. The van der Waals surface area contributed by atoms with E-state index in [-0.39, 0.29) is 71.1 Å². The van der Waals surface area contributed by atoms with Gasteiger partial charge in [-0.2, -0.15) is 26.3 Å². The van der Waals surface area contributed by atoms with Crippen LogP contribution in [0.15, 0.2) is 65.6 Å². The van der Waals surface area contributed by atoms with Crippen molar-refractivity contribution in [2.45, 2.75) is 59.5 Å². The van der Waals surface area contributed by atoms with Crippen molar-refractivity contribution in [2.75, 3.05) is 6.54 Å². The zero-order chi connectivity index (χ0) is 34.0. The van der Waals surface area contributed by atoms with E-state index in [1.807, 2.05) is 0 Å². The molecule has 0 spiro atoms. The summed E-state index contributed by atoms with van der Waals surface area (Å²) in [5, 5.41) is 18.9. The van der Waals surface area contributed by atoms with Crippen LogP contribution in [0.3, 0.4) is 0 Å². The molecule has 0 amide bonds. The first kappa shape index (κ1) is 33.3. The standard InChI is InChI=1S/C30H23F8NO6S/c31-21-3-5-22(6-4-21)46(44,45)27-9-10-39(15-16-11-18(25(40)41)13-19(12-16)26(42)43)24(27)8-1-17-14-20(2-7-23(17)27)28(32,29(33,34)35)30(36,37)38/h2-7,11-14,24H,1,8-10,15H2,(H,40,41)(H,42,43)/t24-,27-/m1/s1. The molecule has 1 aliphatic heterocycles. The van der Waals surface area contributed by atoms with Gasteiger partial charge in [-0.1, -0.05) is 18.2 Å². The minimum atomic E-state index is -6.39. The summed E-state index contributed by atoms with van der Waals surface area (Å²) in [6.45, 7) is -0.208. The van der Waals surface area contributed by atoms with Gasteiger partial charge in [0.2, 0.25) is 0 Å². The summed E-state index contributed by atoms with van der Waals surface area (Å²) in [4.78, 5) is 24.5. The Bertz CT molecular complexity index is 1780. The fourth-order valence-electron chi connectivity index (χ4n) is 6.60. The largest absolute Gasteiger partial charge is 0.478 e. The number of aromatic carboxylic acids is 2. The topological polar surface area (TPSA) is 112 Å². The van der Waals surface area contributed by atoms with E-state index in [4.69, 9.17) is 0 Å². The van der Waals surface area contributed by atoms with E-state index in [2.05, 4.69) is 0 Å². The molecule has 3 aromatic carbocycles. The van der Waals surface area contributed by atoms with Gasteiger partial charge in [0.15, 0.2) is 9.84 Å². The van der Waals surface area contributed by atoms with Gasteiger partial charge < -0.3 is 10.2 Å². The lowest BCUT2D eigenvalue weighted by atomic mass is 9.76. The van der Waals surface area contributed by atoms with Crippen molar-refractivity contribution in [2.24, 2.45) is 0 Å². The van der Waals surface area contributed by atoms with Gasteiger partial charge in [0.1, 0.15) is 10.6 Å². The Hall–Kier alpha value is -4.05. The molecule has 0 radical (unpaired) electrons. The summed E-state index contributed by atoms with van der Waals surface area (Å²) in [5.41, 5.74) is -8.44. The van der Waals surface area contributed by atoms with E-state index < -0.39 is 62.0 Å². The van der Waals surface area contributed by atoms with Gasteiger partial charge in [-0.25, -0.2) is 26.8 Å². The average Bonchev–Trinajstić information content (AvgIpc) is 3.35. The molecule has 7 nitrogen and oxygen atoms in total. The van der Waals surface area contributed by atoms with Crippen LogP contribution in [-0.2, 0) is 33.2 Å². The summed E-state index contributed by atoms with van der Waals surface area (Å²) < 4.78 is 137. The van der Waals surface area contributed by atoms with Gasteiger partial charge in [-0.3, -0.25) is 4.90 Å². The third-order valence-corrected chi connectivity index (χ3v) is 11.2. The Morgan fingerprint density at radius 1 is 0.848 bits per heavy atom. The first-order valence-corrected chi connectivity index (χ1v) is 15.0. The smallest absolute Gasteiger partial charge is 0.435 e. The van der Waals surface area contributed by atoms with Gasteiger partial charge in [0.25, 0.3) is 0 Å². The van der Waals surface area contributed by atoms with Crippen LogP contribution >= 0.6 is 0 Å². The number of sulfone groups is 1. The van der Waals surface area contributed by atoms with E-state index in [1.54, 1.807) is 4.90 Å². The van der Waals surface area contributed by atoms with E-state index in [9.17, 15) is 63.3 Å². The molecule has 0 unspecified atom stereocenters. The molecule has 0 bridgehead atoms. The number of hydrogen-bond donors (Lipinski definition) is 2. The molecule has 0 aromatic heterocycles. The summed E-state index contributed by atoms with van der Waals surface area (Å²) in [6, 6.07) is 7.39. The normalized spacial score (nSPS) is 20.7. The molecule has 46 heavy (non-hydrogen) atoms. The third kappa shape index (κ3) is 5.11. The number of halogens is 8. The number of nitrogens with zero attached hydrogens (tertiary/aromatic N) is 1. The van der Waals surface area contributed by atoms with E-state index in [0.29, 0.717) is 6.07 Å². The van der Waals surface area contributed by atoms with E-state index >= 15 is 0 Å². The van der Waals surface area contributed by atoms with Gasteiger partial charge in [-0.15, -0.1) is 0 Å². The van der Waals surface area contributed by atoms with Crippen molar-refractivity contribution in [3.8, 4) is 0 Å². The lowest BCUT2D eigenvalue weighted by molar-refractivity contribution is -0.348. The van der Waals surface area contributed by atoms with Crippen LogP contribution in [0.2, 0.25) is 0 Å². The van der Waals surface area contributed by atoms with Crippen molar-refractivity contribution in [1.82, 2.24) is 4.90 Å². The van der Waals surface area contributed by atoms with Crippen LogP contribution in [0.5, 0.6) is 0 Å². The van der Waals surface area contributed by atoms with Crippen molar-refractivity contribution in [3.63, 3.8) is 0 Å². The maximum absolute atomic E-state index is 15.0. The molecule has 0 saturated carbocycles. The Morgan fingerprint density at radius 3 is 1.93 bits per heavy atom. The second-order valence-electron chi connectivity index (χ2n) is 11.2. The molecular formula is C30H23F8NO6S. The number of carboxylic acid groups (broad SMARTS) is 2. The number of aryl methyl sites for hydroxylation is 1. The number of carboxylic acids is 2. The number of fused-ring (bicyclic) bond motifs is 3. The summed E-state index contributed by atoms with van der Waals surface area (Å²) in [6.07, 6.45) is -13.4. The lowest BCUT2D eigenvalue weighted by Crippen LogP contribution is -2.52. The van der Waals surface area contributed by atoms with Crippen LogP contribution < -0.4 is 0 Å². The summed E-state index contributed by atoms with van der Waals surface area (Å²) in [7, 11) is -4.60. The highest BCUT2D eigenvalue weighted by Crippen LogP contribution is 2.56. The van der Waals surface area contributed by atoms with Crippen molar-refractivity contribution >= 4 is 21.8 Å². The number of rotatable bonds is 7. The van der Waals surface area contributed by atoms with Crippen molar-refractivity contribution < 1.29 is 63.3 Å². The van der Waals surface area contributed by atoms with Crippen molar-refractivity contribution in [1.29, 1.82) is 0 Å². The van der Waals surface area contributed by atoms with Crippen LogP contribution in [0, 0.1) is 5.82 Å². The highest BCUT2D eigenvalue weighted by atomic mass is 32.2. The van der Waals surface area contributed by atoms with Crippen LogP contribution in [0.4, 0.5) is 35.1 Å². The molecular weight excluding hydrogens is 654 g/mol. The van der Waals surface area contributed by atoms with E-state index in [1.165, 1.54) is 12.1 Å². The minimum Gasteiger partial charge on any atom is -0.478 e. The Labute approximate surface area is 256 Å². The molecule has 2 aliphatic rings. The number of hydrogen-bond acceptors (Lipinski definition) is 5. The van der Waals surface area contributed by atoms with Crippen LogP contribution in [-0.4, -0.2) is 60.4 Å². The average molecular weight is 678 g/mol. The molecule has 2 N–H and O–H groups in total. The second kappa shape index (κ2) is 11.0. The van der Waals surface area contributed by atoms with E-state index in [0.717, 1.165) is 36.4 Å². The van der Waals surface area contributed by atoms with Gasteiger partial charge >= 0.3 is 30.0 Å². The third-order valence-electron chi connectivity index (χ3n) is 8.65. The molecule has 1 saturated heterocycles. The molecule has 1 heterocycles. The van der Waals surface area contributed by atoms with Gasteiger partial charge in [0.05, 0.1) is 16.0 Å². The summed E-state index contributed by atoms with van der Waals surface area (Å²) >= 11 is 0. The molecule has 5 rings (SSSR count). The molecule has 1 aliphatic carbocycles. The quantitative estimate of drug-likeness (QED) is 0.220. The predicted molar refractivity (Wildman–Crippen MR) is 144 cm³/mol.